The predicted octanol–water partition coefficient (Wildman–Crippen LogP) is 6.64. The van der Waals surface area contributed by atoms with E-state index in [0.29, 0.717) is 20.9 Å². The molecule has 0 saturated heterocycles. The smallest absolute Gasteiger partial charge is 0.230 e. The Bertz CT molecular complexity index is 1010. The summed E-state index contributed by atoms with van der Waals surface area (Å²) in [6.45, 7) is 7.85. The molecule has 0 aliphatic heterocycles. The lowest BCUT2D eigenvalue weighted by atomic mass is 10.0. The third-order valence-electron chi connectivity index (χ3n) is 4.17. The highest BCUT2D eigenvalue weighted by molar-refractivity contribution is 7.14. The number of carbonyl (C=O) groups excluding carboxylic acids is 1. The second-order valence-electron chi connectivity index (χ2n) is 6.59. The van der Waals surface area contributed by atoms with Gasteiger partial charge in [0.25, 0.3) is 0 Å². The van der Waals surface area contributed by atoms with Crippen molar-refractivity contribution in [1.29, 1.82) is 0 Å². The predicted molar refractivity (Wildman–Crippen MR) is 116 cm³/mol. The minimum absolute atomic E-state index is 0.0855. The van der Waals surface area contributed by atoms with E-state index in [2.05, 4.69) is 17.1 Å². The summed E-state index contributed by atoms with van der Waals surface area (Å²) in [5.74, 6) is 0.451. The topological polar surface area (TPSA) is 42.4 Å². The lowest BCUT2D eigenvalue weighted by molar-refractivity contribution is -0.115. The highest BCUT2D eigenvalue weighted by atomic mass is 35.5. The lowest BCUT2D eigenvalue weighted by Crippen LogP contribution is -2.24. The molecule has 1 aromatic heterocycles. The molecule has 0 radical (unpaired) electrons. The zero-order valence-electron chi connectivity index (χ0n) is 16.0. The van der Waals surface area contributed by atoms with E-state index in [1.165, 1.54) is 11.3 Å². The quantitative estimate of drug-likeness (QED) is 0.451. The van der Waals surface area contributed by atoms with Crippen molar-refractivity contribution in [1.82, 2.24) is 4.98 Å². The van der Waals surface area contributed by atoms with Crippen molar-refractivity contribution in [2.24, 2.45) is 0 Å². The van der Waals surface area contributed by atoms with Gasteiger partial charge in [-0.05, 0) is 50.1 Å². The summed E-state index contributed by atoms with van der Waals surface area (Å²) in [5.41, 5.74) is 4.83. The van der Waals surface area contributed by atoms with Crippen LogP contribution in [0.4, 0.5) is 10.8 Å². The zero-order chi connectivity index (χ0) is 20.4. The Morgan fingerprint density at radius 2 is 1.82 bits per heavy atom. The largest absolute Gasteiger partial charge is 0.486 e. The van der Waals surface area contributed by atoms with Crippen molar-refractivity contribution in [2.45, 2.75) is 34.3 Å². The molecule has 3 aromatic rings. The van der Waals surface area contributed by atoms with Crippen LogP contribution in [0.1, 0.15) is 29.3 Å². The molecule has 0 N–H and O–H groups in total. The van der Waals surface area contributed by atoms with Gasteiger partial charge in [0.05, 0.1) is 16.4 Å². The highest BCUT2D eigenvalue weighted by Crippen LogP contribution is 2.35. The molecule has 4 nitrogen and oxygen atoms in total. The normalized spacial score (nSPS) is 10.8. The van der Waals surface area contributed by atoms with E-state index in [1.54, 1.807) is 30.0 Å². The average Bonchev–Trinajstić information content (AvgIpc) is 3.05. The molecule has 0 unspecified atom stereocenters. The van der Waals surface area contributed by atoms with Crippen molar-refractivity contribution in [3.8, 4) is 5.75 Å². The number of thiazole rings is 1. The summed E-state index contributed by atoms with van der Waals surface area (Å²) in [7, 11) is 0. The molecule has 2 aromatic carbocycles. The van der Waals surface area contributed by atoms with Crippen LogP contribution in [0.25, 0.3) is 0 Å². The first-order valence-electron chi connectivity index (χ1n) is 8.67. The van der Waals surface area contributed by atoms with Crippen molar-refractivity contribution in [3.05, 3.63) is 68.1 Å². The molecular formula is C21H20Cl2N2O2S. The summed E-state index contributed by atoms with van der Waals surface area (Å²) in [6.07, 6.45) is 0. The number of ether oxygens (including phenoxy) is 1. The first-order chi connectivity index (χ1) is 13.3. The number of benzene rings is 2. The van der Waals surface area contributed by atoms with E-state index >= 15 is 0 Å². The second-order valence-corrected chi connectivity index (χ2v) is 8.27. The maximum Gasteiger partial charge on any atom is 0.230 e. The number of anilines is 2. The first kappa shape index (κ1) is 20.6. The summed E-state index contributed by atoms with van der Waals surface area (Å²) in [5, 5.41) is 3.49. The van der Waals surface area contributed by atoms with Crippen molar-refractivity contribution < 1.29 is 9.53 Å². The van der Waals surface area contributed by atoms with Crippen LogP contribution < -0.4 is 9.64 Å². The Hall–Kier alpha value is -2.08. The number of hydrogen-bond donors (Lipinski definition) is 0. The average molecular weight is 435 g/mol. The Labute approximate surface area is 178 Å². The van der Waals surface area contributed by atoms with Gasteiger partial charge < -0.3 is 4.74 Å². The molecule has 0 bridgehead atoms. The van der Waals surface area contributed by atoms with Gasteiger partial charge in [0.1, 0.15) is 12.4 Å². The highest BCUT2D eigenvalue weighted by Gasteiger charge is 2.22. The number of halogens is 2. The molecule has 0 aliphatic carbocycles. The van der Waals surface area contributed by atoms with Crippen LogP contribution in [0.3, 0.4) is 0 Å². The monoisotopic (exact) mass is 434 g/mol. The summed E-state index contributed by atoms with van der Waals surface area (Å²) in [6, 6.07) is 9.21. The fourth-order valence-electron chi connectivity index (χ4n) is 3.12. The Morgan fingerprint density at radius 3 is 2.43 bits per heavy atom. The molecule has 0 aliphatic rings. The summed E-state index contributed by atoms with van der Waals surface area (Å²) in [4.78, 5) is 18.7. The van der Waals surface area contributed by atoms with Crippen LogP contribution >= 0.6 is 34.5 Å². The number of rotatable bonds is 5. The van der Waals surface area contributed by atoms with E-state index in [9.17, 15) is 4.79 Å². The van der Waals surface area contributed by atoms with Gasteiger partial charge in [-0.1, -0.05) is 40.9 Å². The fraction of sp³-hybridized carbons (Fsp3) is 0.238. The standard InChI is InChI=1S/C21H20Cl2N2O2S/c1-12-7-13(2)20(14(3)8-12)25(15(4)26)21-24-17(11-28-21)10-27-19-6-5-16(22)9-18(19)23/h5-9,11H,10H2,1-4H3. The second kappa shape index (κ2) is 8.52. The third-order valence-corrected chi connectivity index (χ3v) is 5.58. The minimum Gasteiger partial charge on any atom is -0.486 e. The molecule has 28 heavy (non-hydrogen) atoms. The number of aryl methyl sites for hydroxylation is 3. The van der Waals surface area contributed by atoms with E-state index in [4.69, 9.17) is 27.9 Å². The maximum absolute atomic E-state index is 12.4. The maximum atomic E-state index is 12.4. The number of amides is 1. The van der Waals surface area contributed by atoms with Crippen molar-refractivity contribution in [3.63, 3.8) is 0 Å². The van der Waals surface area contributed by atoms with Gasteiger partial charge in [-0.2, -0.15) is 0 Å². The van der Waals surface area contributed by atoms with Crippen LogP contribution in [-0.4, -0.2) is 10.9 Å². The van der Waals surface area contributed by atoms with Gasteiger partial charge in [0.2, 0.25) is 5.91 Å². The van der Waals surface area contributed by atoms with Gasteiger partial charge in [-0.3, -0.25) is 9.69 Å². The summed E-state index contributed by atoms with van der Waals surface area (Å²) < 4.78 is 5.75. The van der Waals surface area contributed by atoms with Crippen LogP contribution in [0.15, 0.2) is 35.7 Å². The van der Waals surface area contributed by atoms with Crippen molar-refractivity contribution in [2.75, 3.05) is 4.90 Å². The lowest BCUT2D eigenvalue weighted by Gasteiger charge is -2.23. The number of nitrogens with zero attached hydrogens (tertiary/aromatic N) is 2. The molecule has 3 rings (SSSR count). The van der Waals surface area contributed by atoms with Gasteiger partial charge >= 0.3 is 0 Å². The Balaban J connectivity index is 1.85. The van der Waals surface area contributed by atoms with Gasteiger partial charge in [-0.25, -0.2) is 4.98 Å². The van der Waals surface area contributed by atoms with Gasteiger partial charge in [0.15, 0.2) is 5.13 Å². The van der Waals surface area contributed by atoms with E-state index in [-0.39, 0.29) is 12.5 Å². The SMILES string of the molecule is CC(=O)N(c1nc(COc2ccc(Cl)cc2Cl)cs1)c1c(C)cc(C)cc1C. The van der Waals surface area contributed by atoms with E-state index < -0.39 is 0 Å². The molecular weight excluding hydrogens is 415 g/mol. The molecule has 0 atom stereocenters. The Kier molecular flexibility index (Phi) is 6.28. The van der Waals surface area contributed by atoms with E-state index in [0.717, 1.165) is 28.1 Å². The molecule has 0 saturated carbocycles. The minimum atomic E-state index is -0.0855. The fourth-order valence-corrected chi connectivity index (χ4v) is 4.44. The van der Waals surface area contributed by atoms with Gasteiger partial charge in [-0.15, -0.1) is 11.3 Å². The van der Waals surface area contributed by atoms with Gasteiger partial charge in [0, 0.05) is 17.3 Å². The summed E-state index contributed by atoms with van der Waals surface area (Å²) >= 11 is 13.5. The van der Waals surface area contributed by atoms with Crippen LogP contribution in [0, 0.1) is 20.8 Å². The number of hydrogen-bond acceptors (Lipinski definition) is 4. The Morgan fingerprint density at radius 1 is 1.14 bits per heavy atom. The van der Waals surface area contributed by atoms with Crippen LogP contribution in [-0.2, 0) is 11.4 Å². The molecule has 1 amide bonds. The molecule has 7 heteroatoms. The molecule has 0 spiro atoms. The molecule has 0 fully saturated rings. The third kappa shape index (κ3) is 4.49. The number of aromatic nitrogens is 1. The molecule has 1 heterocycles. The van der Waals surface area contributed by atoms with E-state index in [1.807, 2.05) is 26.2 Å². The molecule has 146 valence electrons. The zero-order valence-corrected chi connectivity index (χ0v) is 18.4. The van der Waals surface area contributed by atoms with Crippen LogP contribution in [0.2, 0.25) is 10.0 Å². The first-order valence-corrected chi connectivity index (χ1v) is 10.3. The number of carbonyl (C=O) groups is 1. The van der Waals surface area contributed by atoms with Crippen molar-refractivity contribution >= 4 is 51.3 Å². The van der Waals surface area contributed by atoms with Crippen LogP contribution in [0.5, 0.6) is 5.75 Å².